The minimum absolute atomic E-state index is 0.782. The fourth-order valence-electron chi connectivity index (χ4n) is 2.64. The van der Waals surface area contributed by atoms with E-state index >= 15 is 0 Å². The minimum Gasteiger partial charge on any atom is -0.493 e. The van der Waals surface area contributed by atoms with Crippen LogP contribution in [0.15, 0.2) is 12.1 Å². The molecule has 23 heavy (non-hydrogen) atoms. The van der Waals surface area contributed by atoms with E-state index < -0.39 is 0 Å². The van der Waals surface area contributed by atoms with Crippen LogP contribution in [0.1, 0.15) is 22.5 Å². The van der Waals surface area contributed by atoms with Crippen molar-refractivity contribution in [2.75, 3.05) is 14.2 Å². The Labute approximate surface area is 165 Å². The fourth-order valence-corrected chi connectivity index (χ4v) is 4.27. The van der Waals surface area contributed by atoms with E-state index in [4.69, 9.17) is 9.47 Å². The van der Waals surface area contributed by atoms with Crippen molar-refractivity contribution in [3.8, 4) is 11.5 Å². The molecule has 2 aromatic rings. The smallest absolute Gasteiger partial charge is 0.161 e. The molecule has 0 fully saturated rings. The van der Waals surface area contributed by atoms with Gasteiger partial charge in [0.1, 0.15) is 13.1 Å². The second-order valence-corrected chi connectivity index (χ2v) is 7.76. The molecule has 0 unspecified atom stereocenters. The molecule has 4 nitrogen and oxygen atoms in total. The molecular formula is C17H23I2N2O2+. The molecule has 0 radical (unpaired) electrons. The fraction of sp³-hybridized carbons (Fsp3) is 0.412. The molecule has 0 amide bonds. The lowest BCUT2D eigenvalue weighted by Crippen LogP contribution is -2.81. The number of ether oxygens (including phenoxy) is 2. The number of rotatable bonds is 6. The van der Waals surface area contributed by atoms with E-state index in [1.54, 1.807) is 14.2 Å². The molecule has 0 atom stereocenters. The van der Waals surface area contributed by atoms with E-state index in [0.717, 1.165) is 24.6 Å². The molecule has 1 aromatic carbocycles. The third-order valence-corrected chi connectivity index (χ3v) is 6.73. The van der Waals surface area contributed by atoms with Crippen LogP contribution in [0.3, 0.4) is 0 Å². The summed E-state index contributed by atoms with van der Waals surface area (Å²) in [5, 5.41) is 2.34. The monoisotopic (exact) mass is 541 g/mol. The van der Waals surface area contributed by atoms with Crippen molar-refractivity contribution in [3.05, 3.63) is 41.8 Å². The molecule has 0 saturated heterocycles. The van der Waals surface area contributed by atoms with Crippen molar-refractivity contribution in [1.29, 1.82) is 0 Å². The summed E-state index contributed by atoms with van der Waals surface area (Å²) >= 11 is 4.81. The summed E-state index contributed by atoms with van der Waals surface area (Å²) < 4.78 is 15.6. The van der Waals surface area contributed by atoms with Crippen molar-refractivity contribution in [1.82, 2.24) is 4.57 Å². The van der Waals surface area contributed by atoms with Gasteiger partial charge in [0, 0.05) is 36.7 Å². The zero-order chi connectivity index (χ0) is 17.1. The maximum atomic E-state index is 5.41. The average Bonchev–Trinajstić information content (AvgIpc) is 2.73. The van der Waals surface area contributed by atoms with Crippen LogP contribution < -0.4 is 14.8 Å². The quantitative estimate of drug-likeness (QED) is 0.572. The van der Waals surface area contributed by atoms with Crippen molar-refractivity contribution < 1.29 is 14.8 Å². The van der Waals surface area contributed by atoms with Gasteiger partial charge in [-0.05, 0) is 71.2 Å². The van der Waals surface area contributed by atoms with Crippen LogP contribution in [0.5, 0.6) is 11.5 Å². The van der Waals surface area contributed by atoms with Gasteiger partial charge in [-0.1, -0.05) is 0 Å². The Morgan fingerprint density at radius 3 is 2.13 bits per heavy atom. The zero-order valence-corrected chi connectivity index (χ0v) is 18.5. The van der Waals surface area contributed by atoms with E-state index in [1.807, 2.05) is 6.07 Å². The molecule has 1 aromatic heterocycles. The van der Waals surface area contributed by atoms with Gasteiger partial charge in [0.2, 0.25) is 0 Å². The highest BCUT2D eigenvalue weighted by Crippen LogP contribution is 2.31. The summed E-state index contributed by atoms with van der Waals surface area (Å²) in [4.78, 5) is 0. The van der Waals surface area contributed by atoms with Gasteiger partial charge in [-0.25, -0.2) is 0 Å². The van der Waals surface area contributed by atoms with Gasteiger partial charge in [0.15, 0.2) is 11.5 Å². The summed E-state index contributed by atoms with van der Waals surface area (Å²) in [6.45, 7) is 6.27. The Morgan fingerprint density at radius 2 is 1.61 bits per heavy atom. The Kier molecular flexibility index (Phi) is 6.61. The molecule has 0 aliphatic rings. The SMILES string of the molecule is COc1cc(I)c(C[NH2+]Cc2c(I)c(C)n(C)c2C)cc1OC. The first kappa shape index (κ1) is 18.9. The summed E-state index contributed by atoms with van der Waals surface area (Å²) in [6.07, 6.45) is 0. The van der Waals surface area contributed by atoms with Crippen LogP contribution in [0.25, 0.3) is 0 Å². The topological polar surface area (TPSA) is 40.0 Å². The van der Waals surface area contributed by atoms with Gasteiger partial charge in [-0.2, -0.15) is 0 Å². The molecule has 0 saturated carbocycles. The number of methoxy groups -OCH3 is 2. The number of hydrogen-bond donors (Lipinski definition) is 1. The predicted molar refractivity (Wildman–Crippen MR) is 109 cm³/mol. The number of aromatic nitrogens is 1. The van der Waals surface area contributed by atoms with Crippen molar-refractivity contribution >= 4 is 45.2 Å². The Hall–Kier alpha value is -0.480. The lowest BCUT2D eigenvalue weighted by molar-refractivity contribution is -0.686. The first-order chi connectivity index (χ1) is 10.9. The molecular weight excluding hydrogens is 518 g/mol. The lowest BCUT2D eigenvalue weighted by Gasteiger charge is -2.11. The van der Waals surface area contributed by atoms with E-state index in [-0.39, 0.29) is 0 Å². The lowest BCUT2D eigenvalue weighted by atomic mass is 10.2. The van der Waals surface area contributed by atoms with Crippen molar-refractivity contribution in [2.45, 2.75) is 26.9 Å². The van der Waals surface area contributed by atoms with Crippen LogP contribution in [0.4, 0.5) is 0 Å². The summed E-state index contributed by atoms with van der Waals surface area (Å²) in [5.41, 5.74) is 5.39. The number of benzene rings is 1. The number of quaternary nitrogens is 1. The maximum absolute atomic E-state index is 5.41. The molecule has 2 N–H and O–H groups in total. The second-order valence-electron chi connectivity index (χ2n) is 5.52. The van der Waals surface area contributed by atoms with Crippen molar-refractivity contribution in [2.24, 2.45) is 7.05 Å². The Morgan fingerprint density at radius 1 is 1.00 bits per heavy atom. The van der Waals surface area contributed by atoms with Crippen LogP contribution in [0.2, 0.25) is 0 Å². The Bertz CT molecular complexity index is 686. The standard InChI is InChI=1S/C17H22I2N2O2/c1-10-13(17(19)11(2)21(10)3)9-20-8-12-6-15(22-4)16(23-5)7-14(12)18/h6-7,20H,8-9H2,1-5H3/p+1. The van der Waals surface area contributed by atoms with Crippen LogP contribution >= 0.6 is 45.2 Å². The van der Waals surface area contributed by atoms with Gasteiger partial charge >= 0.3 is 0 Å². The van der Waals surface area contributed by atoms with Gasteiger partial charge in [0.25, 0.3) is 0 Å². The summed E-state index contributed by atoms with van der Waals surface area (Å²) in [5.74, 6) is 1.57. The van der Waals surface area contributed by atoms with Crippen LogP contribution in [-0.4, -0.2) is 18.8 Å². The van der Waals surface area contributed by atoms with E-state index in [0.29, 0.717) is 0 Å². The Balaban J connectivity index is 2.12. The number of halogens is 2. The molecule has 6 heteroatoms. The van der Waals surface area contributed by atoms with E-state index in [9.17, 15) is 0 Å². The highest BCUT2D eigenvalue weighted by Gasteiger charge is 2.15. The van der Waals surface area contributed by atoms with Crippen LogP contribution in [-0.2, 0) is 20.1 Å². The largest absolute Gasteiger partial charge is 0.493 e. The predicted octanol–water partition coefficient (Wildman–Crippen LogP) is 3.13. The van der Waals surface area contributed by atoms with Gasteiger partial charge in [-0.3, -0.25) is 0 Å². The molecule has 1 heterocycles. The van der Waals surface area contributed by atoms with E-state index in [2.05, 4.69) is 82.0 Å². The second kappa shape index (κ2) is 8.06. The van der Waals surface area contributed by atoms with Gasteiger partial charge in [-0.15, -0.1) is 0 Å². The van der Waals surface area contributed by atoms with Gasteiger partial charge < -0.3 is 19.4 Å². The summed E-state index contributed by atoms with van der Waals surface area (Å²) in [7, 11) is 5.48. The maximum Gasteiger partial charge on any atom is 0.161 e. The molecule has 0 bridgehead atoms. The number of nitrogens with zero attached hydrogens (tertiary/aromatic N) is 1. The highest BCUT2D eigenvalue weighted by molar-refractivity contribution is 14.1. The first-order valence-corrected chi connectivity index (χ1v) is 9.58. The zero-order valence-electron chi connectivity index (χ0n) is 14.2. The van der Waals surface area contributed by atoms with Crippen LogP contribution in [0, 0.1) is 21.0 Å². The average molecular weight is 541 g/mol. The molecule has 0 aliphatic heterocycles. The third kappa shape index (κ3) is 3.96. The number of hydrogen-bond acceptors (Lipinski definition) is 2. The molecule has 0 aliphatic carbocycles. The van der Waals surface area contributed by atoms with E-state index in [1.165, 1.54) is 29.7 Å². The molecule has 0 spiro atoms. The third-order valence-electron chi connectivity index (χ3n) is 4.29. The highest BCUT2D eigenvalue weighted by atomic mass is 127. The number of nitrogens with two attached hydrogens (primary N) is 1. The molecule has 126 valence electrons. The minimum atomic E-state index is 0.782. The normalized spacial score (nSPS) is 10.9. The first-order valence-electron chi connectivity index (χ1n) is 7.43. The molecule has 2 rings (SSSR count). The van der Waals surface area contributed by atoms with Gasteiger partial charge in [0.05, 0.1) is 14.2 Å². The van der Waals surface area contributed by atoms with Crippen molar-refractivity contribution in [3.63, 3.8) is 0 Å². The summed E-state index contributed by atoms with van der Waals surface area (Å²) in [6, 6.07) is 4.11.